The summed E-state index contributed by atoms with van der Waals surface area (Å²) in [6.45, 7) is 0. The normalized spacial score (nSPS) is 11.3. The molecule has 5 aromatic rings. The van der Waals surface area contributed by atoms with Crippen molar-refractivity contribution < 1.29 is 4.52 Å². The van der Waals surface area contributed by atoms with Gasteiger partial charge in [0.25, 0.3) is 0 Å². The zero-order valence-corrected chi connectivity index (χ0v) is 15.1. The van der Waals surface area contributed by atoms with Gasteiger partial charge in [0.15, 0.2) is 11.5 Å². The van der Waals surface area contributed by atoms with Crippen molar-refractivity contribution in [2.45, 2.75) is 0 Å². The van der Waals surface area contributed by atoms with E-state index in [0.29, 0.717) is 22.4 Å². The Morgan fingerprint density at radius 2 is 1.70 bits per heavy atom. The topological polar surface area (TPSA) is 68.2 Å². The second-order valence-electron chi connectivity index (χ2n) is 6.09. The summed E-state index contributed by atoms with van der Waals surface area (Å²) >= 11 is 6.53. The molecule has 0 aliphatic heterocycles. The Labute approximate surface area is 159 Å². The minimum Gasteiger partial charge on any atom is -0.356 e. The molecule has 6 nitrogen and oxygen atoms in total. The van der Waals surface area contributed by atoms with Crippen LogP contribution in [-0.2, 0) is 0 Å². The van der Waals surface area contributed by atoms with Gasteiger partial charge < -0.3 is 9.84 Å². The van der Waals surface area contributed by atoms with Crippen LogP contribution in [0.25, 0.3) is 39.1 Å². The molecule has 7 heteroatoms. The number of hydrogen-bond donors (Lipinski definition) is 1. The van der Waals surface area contributed by atoms with E-state index in [1.807, 2.05) is 65.2 Å². The highest BCUT2D eigenvalue weighted by molar-refractivity contribution is 6.36. The maximum absolute atomic E-state index is 6.53. The first-order valence-electron chi connectivity index (χ1n) is 8.43. The highest BCUT2D eigenvalue weighted by Gasteiger charge is 2.24. The van der Waals surface area contributed by atoms with Gasteiger partial charge >= 0.3 is 0 Å². The Bertz CT molecular complexity index is 1280. The number of halogens is 1. The molecule has 0 fully saturated rings. The third kappa shape index (κ3) is 2.38. The van der Waals surface area contributed by atoms with Crippen molar-refractivity contribution in [1.82, 2.24) is 19.8 Å². The van der Waals surface area contributed by atoms with Gasteiger partial charge in [0.05, 0.1) is 5.02 Å². The number of fused-ring (bicyclic) bond motifs is 3. The molecule has 0 aliphatic rings. The number of hydrogen-bond acceptors (Lipinski definition) is 5. The standard InChI is InChI=1S/C20H14ClN5O/c1-22-20-16(17(25-27-20)12-7-3-2-4-8-12)19-24-23-18-14-10-6-5-9-13(14)15(21)11-26(18)19/h2-11,22H,1H3. The molecular weight excluding hydrogens is 362 g/mol. The van der Waals surface area contributed by atoms with Gasteiger partial charge in [0, 0.05) is 29.6 Å². The Hall–Kier alpha value is -3.38. The van der Waals surface area contributed by atoms with Crippen LogP contribution < -0.4 is 5.32 Å². The van der Waals surface area contributed by atoms with Crippen molar-refractivity contribution in [2.75, 3.05) is 12.4 Å². The average Bonchev–Trinajstić information content (AvgIpc) is 3.32. The summed E-state index contributed by atoms with van der Waals surface area (Å²) in [5.74, 6) is 1.13. The van der Waals surface area contributed by atoms with Crippen LogP contribution in [0.2, 0.25) is 5.02 Å². The van der Waals surface area contributed by atoms with Crippen LogP contribution in [0.1, 0.15) is 0 Å². The number of aromatic nitrogens is 4. The minimum absolute atomic E-state index is 0.521. The summed E-state index contributed by atoms with van der Waals surface area (Å²) in [4.78, 5) is 0. The number of nitrogens with zero attached hydrogens (tertiary/aromatic N) is 4. The van der Waals surface area contributed by atoms with Gasteiger partial charge in [-0.1, -0.05) is 71.4 Å². The number of pyridine rings is 1. The predicted molar refractivity (Wildman–Crippen MR) is 106 cm³/mol. The first-order chi connectivity index (χ1) is 13.3. The monoisotopic (exact) mass is 375 g/mol. The van der Waals surface area contributed by atoms with E-state index in [-0.39, 0.29) is 0 Å². The van der Waals surface area contributed by atoms with Crippen LogP contribution in [0, 0.1) is 0 Å². The summed E-state index contributed by atoms with van der Waals surface area (Å²) in [5.41, 5.74) is 3.09. The minimum atomic E-state index is 0.521. The number of benzene rings is 2. The lowest BCUT2D eigenvalue weighted by molar-refractivity contribution is 0.437. The molecule has 132 valence electrons. The molecule has 0 amide bonds. The number of rotatable bonds is 3. The molecule has 0 saturated carbocycles. The number of nitrogens with one attached hydrogen (secondary N) is 1. The van der Waals surface area contributed by atoms with Gasteiger partial charge in [0.2, 0.25) is 5.88 Å². The SMILES string of the molecule is CNc1onc(-c2ccccc2)c1-c1nnc2c3ccccc3c(Cl)cn12. The van der Waals surface area contributed by atoms with Crippen molar-refractivity contribution in [3.8, 4) is 22.6 Å². The van der Waals surface area contributed by atoms with E-state index in [4.69, 9.17) is 16.1 Å². The molecule has 0 saturated heterocycles. The molecule has 0 spiro atoms. The van der Waals surface area contributed by atoms with Gasteiger partial charge in [-0.05, 0) is 0 Å². The van der Waals surface area contributed by atoms with Crippen molar-refractivity contribution in [3.63, 3.8) is 0 Å². The molecule has 1 N–H and O–H groups in total. The highest BCUT2D eigenvalue weighted by Crippen LogP contribution is 2.38. The summed E-state index contributed by atoms with van der Waals surface area (Å²) in [7, 11) is 1.78. The van der Waals surface area contributed by atoms with Crippen molar-refractivity contribution in [2.24, 2.45) is 0 Å². The van der Waals surface area contributed by atoms with Gasteiger partial charge in [-0.25, -0.2) is 0 Å². The maximum atomic E-state index is 6.53. The summed E-state index contributed by atoms with van der Waals surface area (Å²) in [5, 5.41) is 18.7. The van der Waals surface area contributed by atoms with E-state index in [0.717, 1.165) is 27.5 Å². The summed E-state index contributed by atoms with van der Waals surface area (Å²) in [6.07, 6.45) is 1.83. The quantitative estimate of drug-likeness (QED) is 0.485. The molecule has 5 rings (SSSR count). The molecule has 3 aromatic heterocycles. The Morgan fingerprint density at radius 1 is 0.963 bits per heavy atom. The predicted octanol–water partition coefficient (Wildman–Crippen LogP) is 4.90. The molecule has 0 radical (unpaired) electrons. The van der Waals surface area contributed by atoms with E-state index in [1.54, 1.807) is 7.05 Å². The lowest BCUT2D eigenvalue weighted by Gasteiger charge is -2.06. The molecule has 2 aromatic carbocycles. The van der Waals surface area contributed by atoms with Crippen LogP contribution in [0.15, 0.2) is 65.3 Å². The molecule has 0 aliphatic carbocycles. The molecule has 0 bridgehead atoms. The molecule has 0 atom stereocenters. The fourth-order valence-corrected chi connectivity index (χ4v) is 3.56. The van der Waals surface area contributed by atoms with Crippen LogP contribution >= 0.6 is 11.6 Å². The third-order valence-corrected chi connectivity index (χ3v) is 4.85. The van der Waals surface area contributed by atoms with Gasteiger partial charge in [0.1, 0.15) is 11.3 Å². The van der Waals surface area contributed by atoms with Crippen LogP contribution in [-0.4, -0.2) is 26.8 Å². The van der Waals surface area contributed by atoms with Crippen LogP contribution in [0.3, 0.4) is 0 Å². The fourth-order valence-electron chi connectivity index (χ4n) is 3.30. The maximum Gasteiger partial charge on any atom is 0.236 e. The largest absolute Gasteiger partial charge is 0.356 e. The Balaban J connectivity index is 1.84. The van der Waals surface area contributed by atoms with Crippen molar-refractivity contribution in [1.29, 1.82) is 0 Å². The van der Waals surface area contributed by atoms with E-state index < -0.39 is 0 Å². The van der Waals surface area contributed by atoms with Gasteiger partial charge in [-0.3, -0.25) is 4.40 Å². The highest BCUT2D eigenvalue weighted by atomic mass is 35.5. The fraction of sp³-hybridized carbons (Fsp3) is 0.0500. The van der Waals surface area contributed by atoms with E-state index in [2.05, 4.69) is 20.7 Å². The zero-order valence-electron chi connectivity index (χ0n) is 14.3. The smallest absolute Gasteiger partial charge is 0.236 e. The van der Waals surface area contributed by atoms with Crippen molar-refractivity contribution >= 4 is 33.9 Å². The molecule has 0 unspecified atom stereocenters. The second kappa shape index (κ2) is 6.10. The molecular formula is C20H14ClN5O. The van der Waals surface area contributed by atoms with E-state index in [9.17, 15) is 0 Å². The first-order valence-corrected chi connectivity index (χ1v) is 8.81. The van der Waals surface area contributed by atoms with E-state index in [1.165, 1.54) is 0 Å². The Kier molecular flexibility index (Phi) is 3.58. The Morgan fingerprint density at radius 3 is 2.48 bits per heavy atom. The molecule has 3 heterocycles. The summed E-state index contributed by atoms with van der Waals surface area (Å²) < 4.78 is 7.39. The first kappa shape index (κ1) is 15.8. The lowest BCUT2D eigenvalue weighted by atomic mass is 10.1. The lowest BCUT2D eigenvalue weighted by Crippen LogP contribution is -1.95. The zero-order chi connectivity index (χ0) is 18.4. The van der Waals surface area contributed by atoms with Gasteiger partial charge in [-0.15, -0.1) is 10.2 Å². The van der Waals surface area contributed by atoms with Gasteiger partial charge in [-0.2, -0.15) is 0 Å². The average molecular weight is 376 g/mol. The third-order valence-electron chi connectivity index (χ3n) is 4.55. The summed E-state index contributed by atoms with van der Waals surface area (Å²) in [6, 6.07) is 17.7. The second-order valence-corrected chi connectivity index (χ2v) is 6.50. The molecule has 27 heavy (non-hydrogen) atoms. The van der Waals surface area contributed by atoms with Crippen molar-refractivity contribution in [3.05, 3.63) is 65.8 Å². The van der Waals surface area contributed by atoms with E-state index >= 15 is 0 Å². The van der Waals surface area contributed by atoms with Crippen LogP contribution in [0.4, 0.5) is 5.88 Å². The van der Waals surface area contributed by atoms with Crippen LogP contribution in [0.5, 0.6) is 0 Å². The number of anilines is 1.